The van der Waals surface area contributed by atoms with Gasteiger partial charge in [-0.05, 0) is 37.5 Å². The van der Waals surface area contributed by atoms with E-state index in [2.05, 4.69) is 15.3 Å². The van der Waals surface area contributed by atoms with Gasteiger partial charge >= 0.3 is 6.18 Å². The summed E-state index contributed by atoms with van der Waals surface area (Å²) in [7, 11) is 0. The molecule has 4 nitrogen and oxygen atoms in total. The number of imidazole rings is 1. The fourth-order valence-electron chi connectivity index (χ4n) is 2.96. The Balaban J connectivity index is 1.68. The second kappa shape index (κ2) is 5.62. The Kier molecular flexibility index (Phi) is 3.80. The monoisotopic (exact) mass is 311 g/mol. The van der Waals surface area contributed by atoms with Crippen LogP contribution in [0.2, 0.25) is 0 Å². The SMILES string of the molecule is O=C(NC1CCCC(C(F)(F)F)C1)c1ccc2nc[nH]c2c1. The van der Waals surface area contributed by atoms with Crippen molar-refractivity contribution < 1.29 is 18.0 Å². The van der Waals surface area contributed by atoms with E-state index in [9.17, 15) is 18.0 Å². The van der Waals surface area contributed by atoms with Crippen LogP contribution in [0.1, 0.15) is 36.0 Å². The number of nitrogens with one attached hydrogen (secondary N) is 2. The van der Waals surface area contributed by atoms with Gasteiger partial charge in [0.2, 0.25) is 0 Å². The first-order valence-electron chi connectivity index (χ1n) is 7.24. The maximum Gasteiger partial charge on any atom is 0.391 e. The standard InChI is InChI=1S/C15H16F3N3O/c16-15(17,18)10-2-1-3-11(7-10)21-14(22)9-4-5-12-13(6-9)20-8-19-12/h4-6,8,10-11H,1-3,7H2,(H,19,20)(H,21,22). The maximum absolute atomic E-state index is 12.8. The first-order chi connectivity index (χ1) is 10.4. The van der Waals surface area contributed by atoms with E-state index in [0.29, 0.717) is 18.4 Å². The quantitative estimate of drug-likeness (QED) is 0.893. The summed E-state index contributed by atoms with van der Waals surface area (Å²) >= 11 is 0. The van der Waals surface area contributed by atoms with Gasteiger partial charge in [0.15, 0.2) is 0 Å². The summed E-state index contributed by atoms with van der Waals surface area (Å²) in [6, 6.07) is 4.56. The Labute approximate surface area is 125 Å². The molecule has 1 heterocycles. The van der Waals surface area contributed by atoms with Crippen molar-refractivity contribution in [1.29, 1.82) is 0 Å². The summed E-state index contributed by atoms with van der Waals surface area (Å²) in [5.74, 6) is -1.66. The zero-order chi connectivity index (χ0) is 15.7. The number of carbonyl (C=O) groups excluding carboxylic acids is 1. The summed E-state index contributed by atoms with van der Waals surface area (Å²) in [5.41, 5.74) is 1.89. The molecule has 0 aliphatic heterocycles. The predicted octanol–water partition coefficient (Wildman–Crippen LogP) is 3.41. The summed E-state index contributed by atoms with van der Waals surface area (Å²) in [6.07, 6.45) is -1.48. The number of nitrogens with zero attached hydrogens (tertiary/aromatic N) is 1. The summed E-state index contributed by atoms with van der Waals surface area (Å²) in [4.78, 5) is 19.2. The Morgan fingerprint density at radius 1 is 1.32 bits per heavy atom. The molecule has 118 valence electrons. The number of rotatable bonds is 2. The van der Waals surface area contributed by atoms with Gasteiger partial charge in [0.1, 0.15) is 0 Å². The van der Waals surface area contributed by atoms with E-state index in [1.807, 2.05) is 0 Å². The van der Waals surface area contributed by atoms with E-state index in [0.717, 1.165) is 11.0 Å². The van der Waals surface area contributed by atoms with Crippen LogP contribution in [0.4, 0.5) is 13.2 Å². The Bertz CT molecular complexity index is 680. The number of aromatic amines is 1. The highest BCUT2D eigenvalue weighted by molar-refractivity contribution is 5.97. The third-order valence-electron chi connectivity index (χ3n) is 4.15. The van der Waals surface area contributed by atoms with Crippen LogP contribution in [-0.2, 0) is 0 Å². The molecule has 1 aliphatic rings. The van der Waals surface area contributed by atoms with Gasteiger partial charge in [-0.2, -0.15) is 13.2 Å². The minimum atomic E-state index is -4.18. The highest BCUT2D eigenvalue weighted by Crippen LogP contribution is 2.37. The predicted molar refractivity (Wildman–Crippen MR) is 75.4 cm³/mol. The number of benzene rings is 1. The highest BCUT2D eigenvalue weighted by Gasteiger charge is 2.42. The number of hydrogen-bond acceptors (Lipinski definition) is 2. The van der Waals surface area contributed by atoms with E-state index in [4.69, 9.17) is 0 Å². The number of aromatic nitrogens is 2. The zero-order valence-corrected chi connectivity index (χ0v) is 11.8. The lowest BCUT2D eigenvalue weighted by atomic mass is 9.85. The topological polar surface area (TPSA) is 57.8 Å². The third kappa shape index (κ3) is 3.08. The second-order valence-corrected chi connectivity index (χ2v) is 5.71. The second-order valence-electron chi connectivity index (χ2n) is 5.71. The van der Waals surface area contributed by atoms with E-state index in [1.165, 1.54) is 6.33 Å². The van der Waals surface area contributed by atoms with E-state index in [1.54, 1.807) is 18.2 Å². The minimum absolute atomic E-state index is 0.0401. The van der Waals surface area contributed by atoms with Crippen molar-refractivity contribution in [2.24, 2.45) is 5.92 Å². The lowest BCUT2D eigenvalue weighted by molar-refractivity contribution is -0.183. The summed E-state index contributed by atoms with van der Waals surface area (Å²) < 4.78 is 38.4. The molecule has 2 N–H and O–H groups in total. The van der Waals surface area contributed by atoms with Gasteiger partial charge in [-0.15, -0.1) is 0 Å². The smallest absolute Gasteiger partial charge is 0.349 e. The van der Waals surface area contributed by atoms with Crippen LogP contribution in [0.15, 0.2) is 24.5 Å². The van der Waals surface area contributed by atoms with Crippen molar-refractivity contribution in [2.75, 3.05) is 0 Å². The van der Waals surface area contributed by atoms with Crippen LogP contribution in [0.3, 0.4) is 0 Å². The molecule has 1 saturated carbocycles. The molecular weight excluding hydrogens is 295 g/mol. The lowest BCUT2D eigenvalue weighted by Gasteiger charge is -2.31. The number of carbonyl (C=O) groups is 1. The van der Waals surface area contributed by atoms with Gasteiger partial charge < -0.3 is 10.3 Å². The molecular formula is C15H16F3N3O. The van der Waals surface area contributed by atoms with Crippen molar-refractivity contribution in [3.8, 4) is 0 Å². The molecule has 2 unspecified atom stereocenters. The Morgan fingerprint density at radius 3 is 2.91 bits per heavy atom. The number of fused-ring (bicyclic) bond motifs is 1. The molecule has 2 atom stereocenters. The van der Waals surface area contributed by atoms with Crippen molar-refractivity contribution in [2.45, 2.75) is 37.9 Å². The molecule has 1 aromatic heterocycles. The fraction of sp³-hybridized carbons (Fsp3) is 0.467. The minimum Gasteiger partial charge on any atom is -0.349 e. The first-order valence-corrected chi connectivity index (χ1v) is 7.24. The zero-order valence-electron chi connectivity index (χ0n) is 11.8. The molecule has 1 amide bonds. The van der Waals surface area contributed by atoms with Gasteiger partial charge in [-0.1, -0.05) is 6.42 Å². The van der Waals surface area contributed by atoms with Crippen LogP contribution in [-0.4, -0.2) is 28.1 Å². The molecule has 3 rings (SSSR count). The van der Waals surface area contributed by atoms with Crippen LogP contribution in [0.5, 0.6) is 0 Å². The van der Waals surface area contributed by atoms with Crippen molar-refractivity contribution in [3.05, 3.63) is 30.1 Å². The molecule has 1 aliphatic carbocycles. The van der Waals surface area contributed by atoms with Gasteiger partial charge in [-0.3, -0.25) is 4.79 Å². The average Bonchev–Trinajstić information content (AvgIpc) is 2.94. The largest absolute Gasteiger partial charge is 0.391 e. The molecule has 7 heteroatoms. The molecule has 0 bridgehead atoms. The molecule has 0 saturated heterocycles. The van der Waals surface area contributed by atoms with E-state index in [-0.39, 0.29) is 18.7 Å². The maximum atomic E-state index is 12.8. The molecule has 1 fully saturated rings. The molecule has 2 aromatic rings. The number of alkyl halides is 3. The first kappa shape index (κ1) is 14.9. The Morgan fingerprint density at radius 2 is 2.14 bits per heavy atom. The van der Waals surface area contributed by atoms with Gasteiger partial charge in [0.05, 0.1) is 23.3 Å². The van der Waals surface area contributed by atoms with Crippen LogP contribution in [0, 0.1) is 5.92 Å². The molecule has 0 radical (unpaired) electrons. The molecule has 0 spiro atoms. The number of halogens is 3. The third-order valence-corrected chi connectivity index (χ3v) is 4.15. The number of hydrogen-bond donors (Lipinski definition) is 2. The summed E-state index contributed by atoms with van der Waals surface area (Å²) in [6.45, 7) is 0. The van der Waals surface area contributed by atoms with Crippen LogP contribution >= 0.6 is 0 Å². The van der Waals surface area contributed by atoms with Crippen molar-refractivity contribution >= 4 is 16.9 Å². The van der Waals surface area contributed by atoms with Gasteiger partial charge in [0.25, 0.3) is 5.91 Å². The highest BCUT2D eigenvalue weighted by atomic mass is 19.4. The van der Waals surface area contributed by atoms with Crippen molar-refractivity contribution in [1.82, 2.24) is 15.3 Å². The van der Waals surface area contributed by atoms with Crippen LogP contribution in [0.25, 0.3) is 11.0 Å². The van der Waals surface area contributed by atoms with E-state index >= 15 is 0 Å². The normalized spacial score (nSPS) is 22.7. The van der Waals surface area contributed by atoms with Gasteiger partial charge in [0, 0.05) is 11.6 Å². The van der Waals surface area contributed by atoms with E-state index < -0.39 is 18.1 Å². The number of amides is 1. The summed E-state index contributed by atoms with van der Waals surface area (Å²) in [5, 5.41) is 2.72. The molecule has 1 aromatic carbocycles. The van der Waals surface area contributed by atoms with Crippen molar-refractivity contribution in [3.63, 3.8) is 0 Å². The lowest BCUT2D eigenvalue weighted by Crippen LogP contribution is -2.41. The molecule has 22 heavy (non-hydrogen) atoms. The Hall–Kier alpha value is -2.05. The van der Waals surface area contributed by atoms with Crippen LogP contribution < -0.4 is 5.32 Å². The average molecular weight is 311 g/mol. The fourth-order valence-corrected chi connectivity index (χ4v) is 2.96. The number of H-pyrrole nitrogens is 1. The van der Waals surface area contributed by atoms with Gasteiger partial charge in [-0.25, -0.2) is 4.98 Å².